The van der Waals surface area contributed by atoms with Crippen molar-refractivity contribution >= 4 is 27.8 Å². The number of benzene rings is 10. The van der Waals surface area contributed by atoms with E-state index in [2.05, 4.69) is 246 Å². The lowest BCUT2D eigenvalue weighted by molar-refractivity contribution is 1.11. The van der Waals surface area contributed by atoms with Gasteiger partial charge in [0.25, 0.3) is 0 Å². The molecular formula is C65H43N5. The van der Waals surface area contributed by atoms with E-state index >= 15 is 0 Å². The predicted octanol–water partition coefficient (Wildman–Crippen LogP) is 16.6. The zero-order chi connectivity index (χ0) is 46.4. The summed E-state index contributed by atoms with van der Waals surface area (Å²) in [5.41, 5.74) is 21.2. The van der Waals surface area contributed by atoms with Crippen LogP contribution in [0.4, 0.5) is 0 Å². The third-order valence-electron chi connectivity index (χ3n) is 13.4. The predicted molar refractivity (Wildman–Crippen MR) is 289 cm³/mol. The van der Waals surface area contributed by atoms with Gasteiger partial charge in [-0.15, -0.1) is 0 Å². The maximum absolute atomic E-state index is 5.55. The molecule has 0 fully saturated rings. The van der Waals surface area contributed by atoms with Gasteiger partial charge in [0.2, 0.25) is 5.78 Å². The molecule has 0 aliphatic carbocycles. The Morgan fingerprint density at radius 2 is 0.743 bits per heavy atom. The standard InChI is InChI=1S/C65H43N5/c1-7-20-44(21-8-1)50-36-39-60-62(41-50)69-61-42-51(35-38-57(61)68-65(69)70(60)63-54(45-22-9-2-10-23-45)32-19-33-55(63)46-24-11-3-12-25-46)53-37-34-52(40-56(53)47-26-13-4-14-27-47)59-43-58(48-28-15-5-16-29-48)66-64(67-59)49-30-17-6-18-31-49/h1-43H. The second-order valence-electron chi connectivity index (χ2n) is 17.6. The van der Waals surface area contributed by atoms with E-state index in [1.807, 2.05) is 24.3 Å². The van der Waals surface area contributed by atoms with E-state index in [0.717, 1.165) is 117 Å². The van der Waals surface area contributed by atoms with Crippen LogP contribution in [0.1, 0.15) is 0 Å². The lowest BCUT2D eigenvalue weighted by Crippen LogP contribution is -2.01. The molecule has 10 aromatic carbocycles. The lowest BCUT2D eigenvalue weighted by Gasteiger charge is -2.18. The molecule has 0 atom stereocenters. The molecule has 0 N–H and O–H groups in total. The molecule has 5 heteroatoms. The maximum atomic E-state index is 5.55. The van der Waals surface area contributed by atoms with Crippen molar-refractivity contribution in [1.29, 1.82) is 0 Å². The van der Waals surface area contributed by atoms with Gasteiger partial charge in [0.15, 0.2) is 5.82 Å². The number of aromatic nitrogens is 5. The minimum absolute atomic E-state index is 0.689. The van der Waals surface area contributed by atoms with Crippen LogP contribution in [-0.4, -0.2) is 23.9 Å². The summed E-state index contributed by atoms with van der Waals surface area (Å²) in [5, 5.41) is 0. The first-order chi connectivity index (χ1) is 34.7. The van der Waals surface area contributed by atoms with Gasteiger partial charge in [-0.1, -0.05) is 224 Å². The minimum atomic E-state index is 0.689. The Balaban J connectivity index is 1.05. The Hall–Kier alpha value is -9.45. The molecule has 3 heterocycles. The molecule has 0 spiro atoms. The SMILES string of the molecule is c1ccc(-c2ccc3c(c2)n2c4cc(-c5ccc(-c6cc(-c7ccccc7)nc(-c7ccccc7)n6)cc5-c5ccccc5)ccc4nc2n3-c2c(-c3ccccc3)cccc2-c2ccccc2)cc1. The average molecular weight is 894 g/mol. The summed E-state index contributed by atoms with van der Waals surface area (Å²) >= 11 is 0. The molecule has 0 saturated carbocycles. The quantitative estimate of drug-likeness (QED) is 0.145. The van der Waals surface area contributed by atoms with Crippen LogP contribution < -0.4 is 0 Å². The highest BCUT2D eigenvalue weighted by atomic mass is 15.2. The van der Waals surface area contributed by atoms with Crippen molar-refractivity contribution in [2.75, 3.05) is 0 Å². The van der Waals surface area contributed by atoms with Crippen LogP contribution in [0.25, 0.3) is 123 Å². The number of rotatable bonds is 9. The van der Waals surface area contributed by atoms with Crippen molar-refractivity contribution in [3.63, 3.8) is 0 Å². The van der Waals surface area contributed by atoms with Gasteiger partial charge in [0, 0.05) is 27.8 Å². The fraction of sp³-hybridized carbons (Fsp3) is 0. The van der Waals surface area contributed by atoms with E-state index in [4.69, 9.17) is 15.0 Å². The maximum Gasteiger partial charge on any atom is 0.220 e. The van der Waals surface area contributed by atoms with Crippen LogP contribution in [0.15, 0.2) is 261 Å². The summed E-state index contributed by atoms with van der Waals surface area (Å²) in [7, 11) is 0. The third-order valence-corrected chi connectivity index (χ3v) is 13.4. The molecule has 3 aromatic heterocycles. The van der Waals surface area contributed by atoms with Crippen molar-refractivity contribution in [2.24, 2.45) is 0 Å². The summed E-state index contributed by atoms with van der Waals surface area (Å²) in [6, 6.07) is 92.3. The van der Waals surface area contributed by atoms with Crippen LogP contribution in [0, 0.1) is 0 Å². The third kappa shape index (κ3) is 7.25. The molecule has 13 rings (SSSR count). The van der Waals surface area contributed by atoms with E-state index in [-0.39, 0.29) is 0 Å². The van der Waals surface area contributed by atoms with Gasteiger partial charge in [0.1, 0.15) is 0 Å². The highest BCUT2D eigenvalue weighted by molar-refractivity contribution is 5.99. The molecule has 0 saturated heterocycles. The van der Waals surface area contributed by atoms with E-state index in [1.54, 1.807) is 0 Å². The largest absolute Gasteiger partial charge is 0.277 e. The fourth-order valence-corrected chi connectivity index (χ4v) is 10.0. The molecule has 0 bridgehead atoms. The second-order valence-corrected chi connectivity index (χ2v) is 17.6. The Labute approximate surface area is 406 Å². The first-order valence-corrected chi connectivity index (χ1v) is 23.7. The lowest BCUT2D eigenvalue weighted by atomic mass is 9.91. The van der Waals surface area contributed by atoms with Crippen molar-refractivity contribution in [3.05, 3.63) is 261 Å². The van der Waals surface area contributed by atoms with Gasteiger partial charge in [-0.05, 0) is 80.9 Å². The number of para-hydroxylation sites is 1. The Morgan fingerprint density at radius 1 is 0.257 bits per heavy atom. The zero-order valence-corrected chi connectivity index (χ0v) is 38.1. The van der Waals surface area contributed by atoms with Gasteiger partial charge >= 0.3 is 0 Å². The first kappa shape index (κ1) is 40.8. The topological polar surface area (TPSA) is 48.0 Å². The number of hydrogen-bond acceptors (Lipinski definition) is 3. The van der Waals surface area contributed by atoms with Crippen molar-refractivity contribution in [1.82, 2.24) is 23.9 Å². The number of nitrogens with zero attached hydrogens (tertiary/aromatic N) is 5. The molecule has 328 valence electrons. The number of hydrogen-bond donors (Lipinski definition) is 0. The van der Waals surface area contributed by atoms with Crippen LogP contribution in [-0.2, 0) is 0 Å². The van der Waals surface area contributed by atoms with Gasteiger partial charge in [-0.3, -0.25) is 8.97 Å². The minimum Gasteiger partial charge on any atom is -0.277 e. The van der Waals surface area contributed by atoms with E-state index in [1.165, 1.54) is 0 Å². The summed E-state index contributed by atoms with van der Waals surface area (Å²) in [5.74, 6) is 1.54. The molecule has 0 aliphatic rings. The number of imidazole rings is 2. The van der Waals surface area contributed by atoms with Crippen molar-refractivity contribution < 1.29 is 0 Å². The molecule has 70 heavy (non-hydrogen) atoms. The summed E-state index contributed by atoms with van der Waals surface area (Å²) in [6.45, 7) is 0. The second kappa shape index (κ2) is 17.3. The zero-order valence-electron chi connectivity index (χ0n) is 38.1. The summed E-state index contributed by atoms with van der Waals surface area (Å²) < 4.78 is 4.75. The monoisotopic (exact) mass is 893 g/mol. The Morgan fingerprint density at radius 3 is 1.34 bits per heavy atom. The highest BCUT2D eigenvalue weighted by Gasteiger charge is 2.24. The summed E-state index contributed by atoms with van der Waals surface area (Å²) in [4.78, 5) is 15.8. The smallest absolute Gasteiger partial charge is 0.220 e. The first-order valence-electron chi connectivity index (χ1n) is 23.7. The van der Waals surface area contributed by atoms with E-state index < -0.39 is 0 Å². The van der Waals surface area contributed by atoms with Crippen molar-refractivity contribution in [3.8, 4) is 95.2 Å². The van der Waals surface area contributed by atoms with E-state index in [0.29, 0.717) is 5.82 Å². The van der Waals surface area contributed by atoms with Crippen molar-refractivity contribution in [2.45, 2.75) is 0 Å². The van der Waals surface area contributed by atoms with Gasteiger partial charge in [0.05, 0.1) is 39.1 Å². The van der Waals surface area contributed by atoms with Gasteiger partial charge in [-0.25, -0.2) is 15.0 Å². The molecule has 0 radical (unpaired) electrons. The molecule has 0 amide bonds. The molecule has 13 aromatic rings. The normalized spacial score (nSPS) is 11.4. The Bertz CT molecular complexity index is 3900. The van der Waals surface area contributed by atoms with Crippen LogP contribution in [0.5, 0.6) is 0 Å². The van der Waals surface area contributed by atoms with Crippen LogP contribution >= 0.6 is 0 Å². The van der Waals surface area contributed by atoms with Crippen LogP contribution in [0.3, 0.4) is 0 Å². The van der Waals surface area contributed by atoms with Gasteiger partial charge in [-0.2, -0.15) is 0 Å². The summed E-state index contributed by atoms with van der Waals surface area (Å²) in [6.07, 6.45) is 0. The molecule has 0 aliphatic heterocycles. The van der Waals surface area contributed by atoms with E-state index in [9.17, 15) is 0 Å². The van der Waals surface area contributed by atoms with Gasteiger partial charge < -0.3 is 0 Å². The Kier molecular flexibility index (Phi) is 10.1. The highest BCUT2D eigenvalue weighted by Crippen LogP contribution is 2.43. The average Bonchev–Trinajstić information content (AvgIpc) is 3.98. The molecule has 5 nitrogen and oxygen atoms in total. The molecule has 0 unspecified atom stereocenters. The van der Waals surface area contributed by atoms with Crippen LogP contribution in [0.2, 0.25) is 0 Å². The molecular weight excluding hydrogens is 851 g/mol. The number of fused-ring (bicyclic) bond motifs is 5. The fourth-order valence-electron chi connectivity index (χ4n) is 10.0.